The van der Waals surface area contributed by atoms with Crippen LogP contribution >= 0.6 is 0 Å². The number of esters is 1. The molecule has 3 rings (SSSR count). The number of carbonyl (C=O) groups is 2. The van der Waals surface area contributed by atoms with Gasteiger partial charge in [-0.15, -0.1) is 0 Å². The zero-order valence-electron chi connectivity index (χ0n) is 15.5. The quantitative estimate of drug-likeness (QED) is 0.591. The second-order valence-corrected chi connectivity index (χ2v) is 7.99. The van der Waals surface area contributed by atoms with Gasteiger partial charge in [-0.2, -0.15) is 0 Å². The van der Waals surface area contributed by atoms with E-state index in [2.05, 4.69) is 9.71 Å². The minimum Gasteiger partial charge on any atom is -0.456 e. The number of ether oxygens (including phenoxy) is 1. The molecule has 0 spiro atoms. The summed E-state index contributed by atoms with van der Waals surface area (Å²) in [4.78, 5) is 28.6. The average Bonchev–Trinajstić information content (AvgIpc) is 2.96. The molecule has 0 aromatic heterocycles. The topological polar surface area (TPSA) is 102 Å². The van der Waals surface area contributed by atoms with Crippen molar-refractivity contribution in [3.63, 3.8) is 0 Å². The highest BCUT2D eigenvalue weighted by atomic mass is 32.2. The number of sulfonamides is 1. The number of nitrogens with zero attached hydrogens (tertiary/aromatic N) is 1. The van der Waals surface area contributed by atoms with Gasteiger partial charge in [0.05, 0.1) is 4.90 Å². The van der Waals surface area contributed by atoms with E-state index in [4.69, 9.17) is 4.74 Å². The Labute approximate surface area is 163 Å². The Morgan fingerprint density at radius 1 is 1.11 bits per heavy atom. The summed E-state index contributed by atoms with van der Waals surface area (Å²) in [6, 6.07) is 12.5. The summed E-state index contributed by atoms with van der Waals surface area (Å²) in [6.07, 6.45) is 0.869. The monoisotopic (exact) mass is 400 g/mol. The fourth-order valence-electron chi connectivity index (χ4n) is 2.74. The molecule has 2 aromatic rings. The van der Waals surface area contributed by atoms with E-state index in [1.807, 2.05) is 19.1 Å². The highest BCUT2D eigenvalue weighted by Crippen LogP contribution is 2.22. The third-order valence-electron chi connectivity index (χ3n) is 4.36. The zero-order valence-corrected chi connectivity index (χ0v) is 16.3. The Morgan fingerprint density at radius 3 is 2.46 bits per heavy atom. The van der Waals surface area contributed by atoms with Gasteiger partial charge in [0.2, 0.25) is 0 Å². The van der Waals surface area contributed by atoms with E-state index in [1.54, 1.807) is 30.3 Å². The Morgan fingerprint density at radius 2 is 1.79 bits per heavy atom. The van der Waals surface area contributed by atoms with Gasteiger partial charge < -0.3 is 4.74 Å². The number of aliphatic imine (C=N–C) groups is 1. The van der Waals surface area contributed by atoms with Crippen molar-refractivity contribution in [3.05, 3.63) is 65.2 Å². The Kier molecular flexibility index (Phi) is 5.60. The first kappa shape index (κ1) is 19.8. The molecule has 1 atom stereocenters. The molecule has 1 aliphatic heterocycles. The van der Waals surface area contributed by atoms with Crippen molar-refractivity contribution in [1.29, 1.82) is 0 Å². The molecular formula is C20H20N2O5S. The first-order chi connectivity index (χ1) is 13.3. The normalized spacial score (nSPS) is 16.9. The number of ketones is 1. The Bertz CT molecular complexity index is 1040. The predicted molar refractivity (Wildman–Crippen MR) is 104 cm³/mol. The van der Waals surface area contributed by atoms with E-state index in [1.165, 1.54) is 13.0 Å². The molecule has 28 heavy (non-hydrogen) atoms. The smallest absolute Gasteiger partial charge is 0.331 e. The Hall–Kier alpha value is -3.00. The van der Waals surface area contributed by atoms with Crippen LogP contribution in [-0.2, 0) is 26.0 Å². The number of benzene rings is 2. The number of aryl methyl sites for hydroxylation is 1. The summed E-state index contributed by atoms with van der Waals surface area (Å²) in [6.45, 7) is 3.09. The molecule has 0 bridgehead atoms. The van der Waals surface area contributed by atoms with Gasteiger partial charge in [-0.3, -0.25) is 14.5 Å². The van der Waals surface area contributed by atoms with Gasteiger partial charge in [0.1, 0.15) is 11.9 Å². The molecule has 8 heteroatoms. The lowest BCUT2D eigenvalue weighted by Gasteiger charge is -2.09. The first-order valence-corrected chi connectivity index (χ1v) is 10.3. The maximum absolute atomic E-state index is 12.2. The number of carbonyl (C=O) groups excluding carboxylic acids is 2. The van der Waals surface area contributed by atoms with E-state index < -0.39 is 28.6 Å². The summed E-state index contributed by atoms with van der Waals surface area (Å²) in [5.74, 6) is -0.945. The second kappa shape index (κ2) is 7.93. The minimum atomic E-state index is -3.68. The van der Waals surface area contributed by atoms with Crippen molar-refractivity contribution in [2.75, 3.05) is 6.61 Å². The molecule has 0 radical (unpaired) electrons. The number of fused-ring (bicyclic) bond motifs is 1. The van der Waals surface area contributed by atoms with E-state index >= 15 is 0 Å². The van der Waals surface area contributed by atoms with Crippen LogP contribution < -0.4 is 4.72 Å². The highest BCUT2D eigenvalue weighted by Gasteiger charge is 2.31. The molecule has 0 unspecified atom stereocenters. The fraction of sp³-hybridized carbons (Fsp3) is 0.250. The summed E-state index contributed by atoms with van der Waals surface area (Å²) in [5.41, 5.74) is 1.97. The molecule has 146 valence electrons. The number of nitrogens with one attached hydrogen (secondary N) is 1. The maximum atomic E-state index is 12.2. The van der Waals surface area contributed by atoms with Gasteiger partial charge in [0.25, 0.3) is 10.0 Å². The molecule has 7 nitrogen and oxygen atoms in total. The lowest BCUT2D eigenvalue weighted by atomic mass is 10.1. The van der Waals surface area contributed by atoms with Crippen LogP contribution in [0.25, 0.3) is 0 Å². The number of rotatable bonds is 6. The zero-order chi connectivity index (χ0) is 20.3. The van der Waals surface area contributed by atoms with Gasteiger partial charge in [-0.05, 0) is 31.0 Å². The van der Waals surface area contributed by atoms with E-state index in [9.17, 15) is 18.0 Å². The van der Waals surface area contributed by atoms with Crippen LogP contribution in [0.2, 0.25) is 0 Å². The molecule has 0 saturated heterocycles. The molecule has 0 fully saturated rings. The summed E-state index contributed by atoms with van der Waals surface area (Å²) >= 11 is 0. The van der Waals surface area contributed by atoms with Gasteiger partial charge in [-0.25, -0.2) is 13.2 Å². The maximum Gasteiger partial charge on any atom is 0.331 e. The molecule has 1 N–H and O–H groups in total. The van der Waals surface area contributed by atoms with Crippen LogP contribution in [0.3, 0.4) is 0 Å². The van der Waals surface area contributed by atoms with Gasteiger partial charge >= 0.3 is 5.97 Å². The van der Waals surface area contributed by atoms with E-state index in [0.717, 1.165) is 12.0 Å². The third-order valence-corrected chi connectivity index (χ3v) is 5.75. The highest BCUT2D eigenvalue weighted by molar-refractivity contribution is 7.90. The van der Waals surface area contributed by atoms with Crippen LogP contribution in [0.4, 0.5) is 0 Å². The number of hydrogen-bond donors (Lipinski definition) is 1. The third kappa shape index (κ3) is 4.12. The van der Waals surface area contributed by atoms with Crippen molar-refractivity contribution in [2.45, 2.75) is 31.2 Å². The lowest BCUT2D eigenvalue weighted by molar-refractivity contribution is -0.143. The number of hydrogen-bond acceptors (Lipinski definition) is 6. The molecule has 0 aliphatic carbocycles. The van der Waals surface area contributed by atoms with Crippen LogP contribution in [-0.4, -0.2) is 38.7 Å². The van der Waals surface area contributed by atoms with Crippen molar-refractivity contribution >= 4 is 27.6 Å². The van der Waals surface area contributed by atoms with Gasteiger partial charge in [0.15, 0.2) is 12.4 Å². The minimum absolute atomic E-state index is 0.0848. The molecule has 2 aromatic carbocycles. The molecular weight excluding hydrogens is 380 g/mol. The summed E-state index contributed by atoms with van der Waals surface area (Å²) in [5, 5.41) is 0. The van der Waals surface area contributed by atoms with Crippen molar-refractivity contribution in [1.82, 2.24) is 4.72 Å². The molecule has 0 saturated carbocycles. The largest absolute Gasteiger partial charge is 0.456 e. The molecule has 1 heterocycles. The van der Waals surface area contributed by atoms with Crippen LogP contribution in [0.1, 0.15) is 35.3 Å². The summed E-state index contributed by atoms with van der Waals surface area (Å²) < 4.78 is 31.5. The van der Waals surface area contributed by atoms with Crippen LogP contribution in [0.5, 0.6) is 0 Å². The van der Waals surface area contributed by atoms with Crippen molar-refractivity contribution in [2.24, 2.45) is 4.99 Å². The molecule has 1 aliphatic rings. The van der Waals surface area contributed by atoms with Crippen molar-refractivity contribution in [3.8, 4) is 0 Å². The SMILES string of the molecule is CCc1ccc(C(=O)COC(=O)[C@H](C)N=C2NS(=O)(=O)c3ccccc32)cc1. The average molecular weight is 400 g/mol. The fourth-order valence-corrected chi connectivity index (χ4v) is 3.98. The number of amidine groups is 1. The lowest BCUT2D eigenvalue weighted by Crippen LogP contribution is -2.27. The summed E-state index contributed by atoms with van der Waals surface area (Å²) in [7, 11) is -3.68. The Balaban J connectivity index is 1.65. The second-order valence-electron chi connectivity index (χ2n) is 6.34. The van der Waals surface area contributed by atoms with Crippen LogP contribution in [0.15, 0.2) is 58.4 Å². The first-order valence-electron chi connectivity index (χ1n) is 8.80. The van der Waals surface area contributed by atoms with Crippen LogP contribution in [0, 0.1) is 0 Å². The van der Waals surface area contributed by atoms with Gasteiger partial charge in [0, 0.05) is 11.1 Å². The standard InChI is InChI=1S/C20H20N2O5S/c1-3-14-8-10-15(11-9-14)17(23)12-27-20(24)13(2)21-19-16-6-4-5-7-18(16)28(25,26)22-19/h4-11,13H,3,12H2,1-2H3,(H,21,22)/t13-/m0/s1. The van der Waals surface area contributed by atoms with E-state index in [-0.39, 0.29) is 16.5 Å². The van der Waals surface area contributed by atoms with E-state index in [0.29, 0.717) is 11.1 Å². The number of Topliss-reactive ketones (excluding diaryl/α,β-unsaturated/α-hetero) is 1. The van der Waals surface area contributed by atoms with Gasteiger partial charge in [-0.1, -0.05) is 43.3 Å². The molecule has 0 amide bonds. The van der Waals surface area contributed by atoms with Crippen molar-refractivity contribution < 1.29 is 22.7 Å². The predicted octanol–water partition coefficient (Wildman–Crippen LogP) is 2.10.